The predicted octanol–water partition coefficient (Wildman–Crippen LogP) is 0.0816. The van der Waals surface area contributed by atoms with E-state index < -0.39 is 6.35 Å². The molecule has 2 heterocycles. The summed E-state index contributed by atoms with van der Waals surface area (Å²) < 4.78 is 0. The third kappa shape index (κ3) is 1.88. The number of anilines is 2. The molecule has 0 aromatic carbocycles. The van der Waals surface area contributed by atoms with Crippen LogP contribution in [0.3, 0.4) is 0 Å². The van der Waals surface area contributed by atoms with Crippen molar-refractivity contribution in [3.8, 4) is 0 Å². The van der Waals surface area contributed by atoms with Crippen molar-refractivity contribution in [2.75, 3.05) is 30.3 Å². The SMILES string of the molecule is CCN1CCN(c2ccc(N)nc2)C1O. The number of nitrogens with zero attached hydrogens (tertiary/aromatic N) is 3. The van der Waals surface area contributed by atoms with Crippen LogP contribution in [0.2, 0.25) is 0 Å². The Morgan fingerprint density at radius 2 is 2.33 bits per heavy atom. The normalized spacial score (nSPS) is 22.3. The molecular formula is C10H16N4O. The van der Waals surface area contributed by atoms with Gasteiger partial charge in [0.1, 0.15) is 5.82 Å². The highest BCUT2D eigenvalue weighted by Gasteiger charge is 2.28. The molecule has 2 rings (SSSR count). The van der Waals surface area contributed by atoms with Crippen LogP contribution in [-0.2, 0) is 0 Å². The van der Waals surface area contributed by atoms with Crippen LogP contribution in [0.4, 0.5) is 11.5 Å². The molecule has 15 heavy (non-hydrogen) atoms. The summed E-state index contributed by atoms with van der Waals surface area (Å²) in [6, 6.07) is 3.63. The lowest BCUT2D eigenvalue weighted by Crippen LogP contribution is -2.38. The van der Waals surface area contributed by atoms with E-state index in [0.717, 1.165) is 25.3 Å². The summed E-state index contributed by atoms with van der Waals surface area (Å²) in [6.07, 6.45) is 1.15. The van der Waals surface area contributed by atoms with Gasteiger partial charge >= 0.3 is 0 Å². The zero-order valence-electron chi connectivity index (χ0n) is 8.80. The molecule has 1 unspecified atom stereocenters. The number of nitrogens with two attached hydrogens (primary N) is 1. The Morgan fingerprint density at radius 3 is 2.87 bits per heavy atom. The number of likely N-dealkylation sites (N-methyl/N-ethyl adjacent to an activating group) is 1. The van der Waals surface area contributed by atoms with E-state index in [0.29, 0.717) is 5.82 Å². The first-order valence-electron chi connectivity index (χ1n) is 5.12. The third-order valence-corrected chi connectivity index (χ3v) is 2.74. The van der Waals surface area contributed by atoms with Crippen LogP contribution in [0, 0.1) is 0 Å². The van der Waals surface area contributed by atoms with Gasteiger partial charge in [0.2, 0.25) is 0 Å². The van der Waals surface area contributed by atoms with Crippen molar-refractivity contribution in [1.29, 1.82) is 0 Å². The number of rotatable bonds is 2. The van der Waals surface area contributed by atoms with Crippen molar-refractivity contribution in [1.82, 2.24) is 9.88 Å². The number of pyridine rings is 1. The van der Waals surface area contributed by atoms with Gasteiger partial charge in [0.05, 0.1) is 11.9 Å². The molecule has 0 radical (unpaired) electrons. The minimum atomic E-state index is -0.541. The lowest BCUT2D eigenvalue weighted by Gasteiger charge is -2.25. The summed E-state index contributed by atoms with van der Waals surface area (Å²) in [4.78, 5) is 7.92. The van der Waals surface area contributed by atoms with Crippen molar-refractivity contribution in [3.05, 3.63) is 18.3 Å². The summed E-state index contributed by atoms with van der Waals surface area (Å²) >= 11 is 0. The molecule has 1 saturated heterocycles. The van der Waals surface area contributed by atoms with E-state index in [1.54, 1.807) is 12.3 Å². The molecule has 0 amide bonds. The summed E-state index contributed by atoms with van der Waals surface area (Å²) in [6.45, 7) is 4.58. The zero-order valence-corrected chi connectivity index (χ0v) is 8.80. The largest absolute Gasteiger partial charge is 0.384 e. The molecule has 1 fully saturated rings. The molecule has 1 atom stereocenters. The van der Waals surface area contributed by atoms with Gasteiger partial charge in [-0.25, -0.2) is 4.98 Å². The van der Waals surface area contributed by atoms with Gasteiger partial charge in [-0.3, -0.25) is 4.90 Å². The molecule has 0 aliphatic carbocycles. The van der Waals surface area contributed by atoms with Gasteiger partial charge in [0.25, 0.3) is 0 Å². The summed E-state index contributed by atoms with van der Waals surface area (Å²) in [7, 11) is 0. The topological polar surface area (TPSA) is 65.6 Å². The fourth-order valence-electron chi connectivity index (χ4n) is 1.82. The quantitative estimate of drug-likeness (QED) is 0.720. The average Bonchev–Trinajstić information content (AvgIpc) is 2.61. The van der Waals surface area contributed by atoms with Crippen molar-refractivity contribution >= 4 is 11.5 Å². The van der Waals surface area contributed by atoms with Crippen molar-refractivity contribution in [2.45, 2.75) is 13.3 Å². The first-order chi connectivity index (χ1) is 7.22. The lowest BCUT2D eigenvalue weighted by molar-refractivity contribution is 0.0437. The fourth-order valence-corrected chi connectivity index (χ4v) is 1.82. The Kier molecular flexibility index (Phi) is 2.75. The molecule has 0 bridgehead atoms. The van der Waals surface area contributed by atoms with Crippen LogP contribution in [-0.4, -0.2) is 41.0 Å². The highest BCUT2D eigenvalue weighted by molar-refractivity contribution is 5.49. The number of aromatic nitrogens is 1. The van der Waals surface area contributed by atoms with Gasteiger partial charge in [-0.05, 0) is 18.7 Å². The fraction of sp³-hybridized carbons (Fsp3) is 0.500. The van der Waals surface area contributed by atoms with Crippen LogP contribution in [0.1, 0.15) is 6.92 Å². The molecule has 82 valence electrons. The average molecular weight is 208 g/mol. The number of aliphatic hydroxyl groups excluding tert-OH is 1. The minimum Gasteiger partial charge on any atom is -0.384 e. The van der Waals surface area contributed by atoms with E-state index in [4.69, 9.17) is 5.73 Å². The maximum absolute atomic E-state index is 9.96. The van der Waals surface area contributed by atoms with E-state index in [-0.39, 0.29) is 0 Å². The number of aliphatic hydroxyl groups is 1. The maximum Gasteiger partial charge on any atom is 0.186 e. The van der Waals surface area contributed by atoms with Gasteiger partial charge in [-0.2, -0.15) is 0 Å². The molecule has 1 aliphatic heterocycles. The Balaban J connectivity index is 2.15. The standard InChI is InChI=1S/C10H16N4O/c1-2-13-5-6-14(10(13)15)8-3-4-9(11)12-7-8/h3-4,7,10,15H,2,5-6H2,1H3,(H2,11,12). The summed E-state index contributed by atoms with van der Waals surface area (Å²) in [5.74, 6) is 0.500. The van der Waals surface area contributed by atoms with Gasteiger partial charge in [0.15, 0.2) is 6.35 Å². The molecule has 0 saturated carbocycles. The Hall–Kier alpha value is -1.33. The Bertz CT molecular complexity index is 327. The molecule has 5 heteroatoms. The van der Waals surface area contributed by atoms with Crippen LogP contribution in [0.15, 0.2) is 18.3 Å². The second-order valence-electron chi connectivity index (χ2n) is 3.61. The van der Waals surface area contributed by atoms with Crippen LogP contribution < -0.4 is 10.6 Å². The van der Waals surface area contributed by atoms with Crippen molar-refractivity contribution < 1.29 is 5.11 Å². The first kappa shape index (κ1) is 10.2. The Labute approximate surface area is 89.1 Å². The van der Waals surface area contributed by atoms with E-state index in [2.05, 4.69) is 4.98 Å². The highest BCUT2D eigenvalue weighted by Crippen LogP contribution is 2.21. The molecular weight excluding hydrogens is 192 g/mol. The maximum atomic E-state index is 9.96. The third-order valence-electron chi connectivity index (χ3n) is 2.74. The smallest absolute Gasteiger partial charge is 0.186 e. The van der Waals surface area contributed by atoms with Gasteiger partial charge in [-0.1, -0.05) is 6.92 Å². The van der Waals surface area contributed by atoms with Crippen LogP contribution in [0.25, 0.3) is 0 Å². The monoisotopic (exact) mass is 208 g/mol. The summed E-state index contributed by atoms with van der Waals surface area (Å²) in [5.41, 5.74) is 6.42. The molecule has 5 nitrogen and oxygen atoms in total. The first-order valence-corrected chi connectivity index (χ1v) is 5.12. The second kappa shape index (κ2) is 4.04. The molecule has 1 aromatic heterocycles. The van der Waals surface area contributed by atoms with Gasteiger partial charge in [-0.15, -0.1) is 0 Å². The summed E-state index contributed by atoms with van der Waals surface area (Å²) in [5, 5.41) is 9.96. The Morgan fingerprint density at radius 1 is 1.53 bits per heavy atom. The van der Waals surface area contributed by atoms with Crippen LogP contribution in [0.5, 0.6) is 0 Å². The molecule has 0 spiro atoms. The molecule has 1 aromatic rings. The predicted molar refractivity (Wildman–Crippen MR) is 59.2 cm³/mol. The van der Waals surface area contributed by atoms with Crippen molar-refractivity contribution in [2.24, 2.45) is 0 Å². The second-order valence-corrected chi connectivity index (χ2v) is 3.61. The van der Waals surface area contributed by atoms with E-state index in [1.807, 2.05) is 22.8 Å². The van der Waals surface area contributed by atoms with Crippen LogP contribution >= 0.6 is 0 Å². The zero-order chi connectivity index (χ0) is 10.8. The highest BCUT2D eigenvalue weighted by atomic mass is 16.3. The number of hydrogen-bond donors (Lipinski definition) is 2. The van der Waals surface area contributed by atoms with Gasteiger partial charge < -0.3 is 15.7 Å². The van der Waals surface area contributed by atoms with Gasteiger partial charge in [0, 0.05) is 13.1 Å². The minimum absolute atomic E-state index is 0.500. The molecule has 1 aliphatic rings. The number of hydrogen-bond acceptors (Lipinski definition) is 5. The van der Waals surface area contributed by atoms with E-state index in [1.165, 1.54) is 0 Å². The van der Waals surface area contributed by atoms with Crippen molar-refractivity contribution in [3.63, 3.8) is 0 Å². The molecule has 3 N–H and O–H groups in total. The van der Waals surface area contributed by atoms with E-state index in [9.17, 15) is 5.11 Å². The number of nitrogen functional groups attached to an aromatic ring is 1. The lowest BCUT2D eigenvalue weighted by atomic mass is 10.3. The van der Waals surface area contributed by atoms with E-state index >= 15 is 0 Å².